The van der Waals surface area contributed by atoms with E-state index in [0.717, 1.165) is 5.56 Å². The number of urea groups is 1. The normalized spacial score (nSPS) is 11.6. The summed E-state index contributed by atoms with van der Waals surface area (Å²) in [5, 5.41) is 15.3. The van der Waals surface area contributed by atoms with Gasteiger partial charge in [0.2, 0.25) is 0 Å². The smallest absolute Gasteiger partial charge is 0.326 e. The van der Waals surface area contributed by atoms with Crippen LogP contribution >= 0.6 is 23.2 Å². The summed E-state index contributed by atoms with van der Waals surface area (Å²) in [6, 6.07) is 10.3. The van der Waals surface area contributed by atoms with Crippen molar-refractivity contribution >= 4 is 40.9 Å². The maximum Gasteiger partial charge on any atom is 0.326 e. The van der Waals surface area contributed by atoms with E-state index in [4.69, 9.17) is 33.7 Å². The third-order valence-corrected chi connectivity index (χ3v) is 4.66. The van der Waals surface area contributed by atoms with Crippen molar-refractivity contribution in [2.24, 2.45) is 5.73 Å². The first-order valence-electron chi connectivity index (χ1n) is 9.06. The first-order chi connectivity index (χ1) is 13.9. The molecule has 0 radical (unpaired) electrons. The quantitative estimate of drug-likeness (QED) is 0.412. The van der Waals surface area contributed by atoms with Crippen LogP contribution in [-0.4, -0.2) is 29.7 Å². The van der Waals surface area contributed by atoms with Crippen molar-refractivity contribution in [1.29, 1.82) is 0 Å². The van der Waals surface area contributed by atoms with Crippen LogP contribution in [0, 0.1) is 0 Å². The Labute approximate surface area is 179 Å². The molecule has 0 saturated carbocycles. The molecule has 0 bridgehead atoms. The Kier molecular flexibility index (Phi) is 9.05. The number of unbranched alkanes of at least 4 members (excludes halogenated alkanes) is 1. The first-order valence-corrected chi connectivity index (χ1v) is 9.82. The Bertz CT molecular complexity index is 831. The fourth-order valence-electron chi connectivity index (χ4n) is 2.51. The number of benzene rings is 2. The highest BCUT2D eigenvalue weighted by Gasteiger charge is 2.19. The van der Waals surface area contributed by atoms with Crippen molar-refractivity contribution < 1.29 is 19.4 Å². The highest BCUT2D eigenvalue weighted by Crippen LogP contribution is 2.23. The number of anilines is 1. The number of carboxylic acid groups (broad SMARTS) is 1. The van der Waals surface area contributed by atoms with Crippen LogP contribution < -0.4 is 21.1 Å². The lowest BCUT2D eigenvalue weighted by Gasteiger charge is -2.15. The van der Waals surface area contributed by atoms with Gasteiger partial charge in [0, 0.05) is 21.3 Å². The monoisotopic (exact) mass is 439 g/mol. The number of rotatable bonds is 10. The molecule has 2 aromatic carbocycles. The summed E-state index contributed by atoms with van der Waals surface area (Å²) in [5.41, 5.74) is 6.71. The topological polar surface area (TPSA) is 114 Å². The fraction of sp³-hybridized carbons (Fsp3) is 0.300. The molecule has 29 heavy (non-hydrogen) atoms. The van der Waals surface area contributed by atoms with Gasteiger partial charge in [-0.3, -0.25) is 0 Å². The molecule has 0 saturated heterocycles. The molecule has 0 aliphatic rings. The van der Waals surface area contributed by atoms with Crippen molar-refractivity contribution in [3.05, 3.63) is 58.1 Å². The number of hydrogen-bond donors (Lipinski definition) is 4. The lowest BCUT2D eigenvalue weighted by molar-refractivity contribution is -0.139. The van der Waals surface area contributed by atoms with Gasteiger partial charge in [0.25, 0.3) is 0 Å². The van der Waals surface area contributed by atoms with E-state index in [1.165, 1.54) is 0 Å². The molecule has 2 amide bonds. The van der Waals surface area contributed by atoms with Gasteiger partial charge in [-0.15, -0.1) is 0 Å². The second kappa shape index (κ2) is 11.5. The molecule has 156 valence electrons. The number of ether oxygens (including phenoxy) is 1. The fourth-order valence-corrected chi connectivity index (χ4v) is 2.97. The SMILES string of the molecule is NCCCC[C@H](NC(=O)Nc1ccc(OCc2ccc(Cl)cc2Cl)cc1)C(=O)O. The number of nitrogens with one attached hydrogen (secondary N) is 2. The Morgan fingerprint density at radius 1 is 1.10 bits per heavy atom. The molecule has 2 aromatic rings. The second-order valence-electron chi connectivity index (χ2n) is 6.32. The van der Waals surface area contributed by atoms with Gasteiger partial charge in [0.15, 0.2) is 0 Å². The zero-order valence-corrected chi connectivity index (χ0v) is 17.2. The van der Waals surface area contributed by atoms with Crippen molar-refractivity contribution in [2.75, 3.05) is 11.9 Å². The van der Waals surface area contributed by atoms with Crippen LogP contribution in [0.25, 0.3) is 0 Å². The zero-order chi connectivity index (χ0) is 21.2. The lowest BCUT2D eigenvalue weighted by atomic mass is 10.1. The third-order valence-electron chi connectivity index (χ3n) is 4.07. The van der Waals surface area contributed by atoms with Gasteiger partial charge in [-0.1, -0.05) is 29.3 Å². The van der Waals surface area contributed by atoms with Gasteiger partial charge in [0.05, 0.1) is 0 Å². The average molecular weight is 440 g/mol. The number of aliphatic carboxylic acids is 1. The van der Waals surface area contributed by atoms with Crippen molar-refractivity contribution in [2.45, 2.75) is 31.9 Å². The van der Waals surface area contributed by atoms with Crippen LogP contribution in [-0.2, 0) is 11.4 Å². The molecule has 0 heterocycles. The highest BCUT2D eigenvalue weighted by molar-refractivity contribution is 6.35. The molecule has 2 rings (SSSR count). The van der Waals surface area contributed by atoms with Crippen LogP contribution in [0.3, 0.4) is 0 Å². The number of halogens is 2. The van der Waals surface area contributed by atoms with Crippen molar-refractivity contribution in [1.82, 2.24) is 5.32 Å². The van der Waals surface area contributed by atoms with Crippen LogP contribution in [0.1, 0.15) is 24.8 Å². The minimum absolute atomic E-state index is 0.270. The number of carboxylic acids is 1. The maximum absolute atomic E-state index is 12.1. The minimum atomic E-state index is -1.08. The number of nitrogens with two attached hydrogens (primary N) is 1. The third kappa shape index (κ3) is 7.81. The largest absolute Gasteiger partial charge is 0.489 e. The van der Waals surface area contributed by atoms with Gasteiger partial charge < -0.3 is 26.2 Å². The number of amides is 2. The number of carbonyl (C=O) groups excluding carboxylic acids is 1. The minimum Gasteiger partial charge on any atom is -0.489 e. The van der Waals surface area contributed by atoms with E-state index in [0.29, 0.717) is 47.3 Å². The zero-order valence-electron chi connectivity index (χ0n) is 15.7. The first kappa shape index (κ1) is 22.8. The van der Waals surface area contributed by atoms with Crippen molar-refractivity contribution in [3.63, 3.8) is 0 Å². The number of carbonyl (C=O) groups is 2. The molecule has 0 fully saturated rings. The van der Waals surface area contributed by atoms with Crippen LogP contribution in [0.15, 0.2) is 42.5 Å². The Balaban J connectivity index is 1.85. The summed E-state index contributed by atoms with van der Waals surface area (Å²) < 4.78 is 5.68. The summed E-state index contributed by atoms with van der Waals surface area (Å²) in [6.07, 6.45) is 1.65. The standard InChI is InChI=1S/C20H23Cl2N3O4/c21-14-5-4-13(17(22)11-14)12-29-16-8-6-15(7-9-16)24-20(28)25-18(19(26)27)3-1-2-10-23/h4-9,11,18H,1-3,10,12,23H2,(H,26,27)(H2,24,25,28)/t18-/m0/s1. The Hall–Kier alpha value is -2.48. The number of hydrogen-bond acceptors (Lipinski definition) is 4. The van der Waals surface area contributed by atoms with E-state index in [1.54, 1.807) is 42.5 Å². The Morgan fingerprint density at radius 2 is 1.83 bits per heavy atom. The van der Waals surface area contributed by atoms with Crippen molar-refractivity contribution in [3.8, 4) is 5.75 Å². The molecule has 9 heteroatoms. The van der Waals surface area contributed by atoms with E-state index in [-0.39, 0.29) is 6.61 Å². The average Bonchev–Trinajstić information content (AvgIpc) is 2.67. The van der Waals surface area contributed by atoms with E-state index >= 15 is 0 Å². The second-order valence-corrected chi connectivity index (χ2v) is 7.17. The summed E-state index contributed by atoms with van der Waals surface area (Å²) in [4.78, 5) is 23.3. The molecule has 0 aliphatic carbocycles. The molecule has 0 aromatic heterocycles. The highest BCUT2D eigenvalue weighted by atomic mass is 35.5. The molecule has 7 nitrogen and oxygen atoms in total. The Morgan fingerprint density at radius 3 is 2.45 bits per heavy atom. The molecular formula is C20H23Cl2N3O4. The van der Waals surface area contributed by atoms with Gasteiger partial charge in [-0.25, -0.2) is 9.59 Å². The molecule has 5 N–H and O–H groups in total. The van der Waals surface area contributed by atoms with Gasteiger partial charge in [0.1, 0.15) is 18.4 Å². The molecule has 0 aliphatic heterocycles. The van der Waals surface area contributed by atoms with Gasteiger partial charge in [-0.2, -0.15) is 0 Å². The van der Waals surface area contributed by atoms with Gasteiger partial charge in [-0.05, 0) is 62.2 Å². The predicted molar refractivity (Wildman–Crippen MR) is 114 cm³/mol. The van der Waals surface area contributed by atoms with E-state index in [2.05, 4.69) is 10.6 Å². The molecule has 1 atom stereocenters. The summed E-state index contributed by atoms with van der Waals surface area (Å²) in [6.45, 7) is 0.754. The van der Waals surface area contributed by atoms with E-state index in [1.807, 2.05) is 0 Å². The maximum atomic E-state index is 12.1. The van der Waals surface area contributed by atoms with E-state index < -0.39 is 18.0 Å². The molecule has 0 unspecified atom stereocenters. The van der Waals surface area contributed by atoms with Crippen LogP contribution in [0.5, 0.6) is 5.75 Å². The van der Waals surface area contributed by atoms with Crippen LogP contribution in [0.4, 0.5) is 10.5 Å². The predicted octanol–water partition coefficient (Wildman–Crippen LogP) is 4.28. The lowest BCUT2D eigenvalue weighted by Crippen LogP contribution is -2.43. The summed E-state index contributed by atoms with van der Waals surface area (Å²) in [5.74, 6) is -0.492. The molecule has 0 spiro atoms. The summed E-state index contributed by atoms with van der Waals surface area (Å²) >= 11 is 12.0. The summed E-state index contributed by atoms with van der Waals surface area (Å²) in [7, 11) is 0. The van der Waals surface area contributed by atoms with Gasteiger partial charge >= 0.3 is 12.0 Å². The molecular weight excluding hydrogens is 417 g/mol. The van der Waals surface area contributed by atoms with E-state index in [9.17, 15) is 14.7 Å². The van der Waals surface area contributed by atoms with Crippen LogP contribution in [0.2, 0.25) is 10.0 Å².